The molecular formula is C44H86Ni. The van der Waals surface area contributed by atoms with Crippen LogP contribution in [0.4, 0.5) is 0 Å². The Bertz CT molecular complexity index is 439. The third-order valence-corrected chi connectivity index (χ3v) is 9.45. The Morgan fingerprint density at radius 2 is 0.378 bits per heavy atom. The standard InChI is InChI=1S/2C22H43.Ni/c2*1-3-5-7-9-11-13-15-17-19-21-22-20-18-16-14-12-10-8-6-4-2;/h2*1,3H,4-22H2,2H3;/q2*-1;+2. The van der Waals surface area contributed by atoms with Crippen LogP contribution in [0.1, 0.15) is 258 Å². The summed E-state index contributed by atoms with van der Waals surface area (Å²) in [5.41, 5.74) is 0. The van der Waals surface area contributed by atoms with Gasteiger partial charge in [-0.25, -0.2) is 0 Å². The summed E-state index contributed by atoms with van der Waals surface area (Å²) < 4.78 is 0. The monoisotopic (exact) mass is 673 g/mol. The molecular weight excluding hydrogens is 587 g/mol. The molecule has 0 aromatic carbocycles. The molecule has 0 aliphatic rings. The van der Waals surface area contributed by atoms with E-state index in [4.69, 9.17) is 13.2 Å². The van der Waals surface area contributed by atoms with Gasteiger partial charge in [0.1, 0.15) is 0 Å². The van der Waals surface area contributed by atoms with E-state index in [-0.39, 0.29) is 16.5 Å². The first-order valence-corrected chi connectivity index (χ1v) is 20.9. The zero-order valence-corrected chi connectivity index (χ0v) is 32.5. The van der Waals surface area contributed by atoms with Crippen molar-refractivity contribution >= 4 is 0 Å². The molecule has 0 saturated carbocycles. The molecule has 0 rings (SSSR count). The summed E-state index contributed by atoms with van der Waals surface area (Å²) >= 11 is 0. The zero-order valence-electron chi connectivity index (χ0n) is 31.5. The molecule has 0 fully saturated rings. The van der Waals surface area contributed by atoms with Gasteiger partial charge >= 0.3 is 16.5 Å². The van der Waals surface area contributed by atoms with E-state index in [1.165, 1.54) is 231 Å². The van der Waals surface area contributed by atoms with Crippen molar-refractivity contribution in [2.45, 2.75) is 258 Å². The van der Waals surface area contributed by atoms with E-state index in [9.17, 15) is 0 Å². The van der Waals surface area contributed by atoms with Crippen LogP contribution in [0.3, 0.4) is 0 Å². The molecule has 0 aliphatic carbocycles. The predicted octanol–water partition coefficient (Wildman–Crippen LogP) is 16.8. The third kappa shape index (κ3) is 53.7. The average molecular weight is 674 g/mol. The van der Waals surface area contributed by atoms with Gasteiger partial charge in [-0.2, -0.15) is 0 Å². The van der Waals surface area contributed by atoms with Gasteiger partial charge in [0, 0.05) is 0 Å². The number of unbranched alkanes of at least 4 members (excludes halogenated alkanes) is 36. The summed E-state index contributed by atoms with van der Waals surface area (Å²) in [7, 11) is 0. The first-order valence-electron chi connectivity index (χ1n) is 20.9. The quantitative estimate of drug-likeness (QED) is 0.0348. The van der Waals surface area contributed by atoms with Crippen LogP contribution in [-0.2, 0) is 16.5 Å². The second-order valence-corrected chi connectivity index (χ2v) is 14.1. The van der Waals surface area contributed by atoms with Gasteiger partial charge in [-0.05, 0) is 0 Å². The van der Waals surface area contributed by atoms with E-state index in [0.29, 0.717) is 0 Å². The van der Waals surface area contributed by atoms with Crippen LogP contribution in [0, 0.1) is 13.2 Å². The van der Waals surface area contributed by atoms with E-state index in [1.54, 1.807) is 12.2 Å². The van der Waals surface area contributed by atoms with Gasteiger partial charge in [0.25, 0.3) is 0 Å². The van der Waals surface area contributed by atoms with E-state index in [1.807, 2.05) is 0 Å². The van der Waals surface area contributed by atoms with Crippen LogP contribution < -0.4 is 0 Å². The minimum absolute atomic E-state index is 0. The fraction of sp³-hybridized carbons (Fsp3) is 0.909. The number of rotatable bonds is 38. The van der Waals surface area contributed by atoms with Crippen LogP contribution in [0.2, 0.25) is 0 Å². The SMILES string of the molecule is [CH-]=CCCCCCCCCCCCCCCCCCCCC.[CH-]=CCCCCCCCCCCCCCCCCCCCC.[Ni+2]. The van der Waals surface area contributed by atoms with Crippen molar-refractivity contribution in [3.05, 3.63) is 25.3 Å². The smallest absolute Gasteiger partial charge is 0.518 e. The Morgan fingerprint density at radius 3 is 0.511 bits per heavy atom. The molecule has 272 valence electrons. The maximum atomic E-state index is 5.38. The van der Waals surface area contributed by atoms with Crippen LogP contribution >= 0.6 is 0 Å². The van der Waals surface area contributed by atoms with E-state index >= 15 is 0 Å². The summed E-state index contributed by atoms with van der Waals surface area (Å²) in [4.78, 5) is 0. The fourth-order valence-electron chi connectivity index (χ4n) is 6.33. The maximum absolute atomic E-state index is 5.38. The van der Waals surface area contributed by atoms with Crippen molar-refractivity contribution in [2.75, 3.05) is 0 Å². The van der Waals surface area contributed by atoms with Crippen LogP contribution in [0.25, 0.3) is 0 Å². The molecule has 45 heavy (non-hydrogen) atoms. The molecule has 0 radical (unpaired) electrons. The van der Waals surface area contributed by atoms with Gasteiger partial charge in [-0.15, -0.1) is 0 Å². The molecule has 0 aromatic rings. The molecule has 0 N–H and O–H groups in total. The molecule has 0 aromatic heterocycles. The van der Waals surface area contributed by atoms with E-state index in [2.05, 4.69) is 13.8 Å². The van der Waals surface area contributed by atoms with E-state index in [0.717, 1.165) is 12.8 Å². The van der Waals surface area contributed by atoms with Crippen molar-refractivity contribution in [2.24, 2.45) is 0 Å². The van der Waals surface area contributed by atoms with Crippen molar-refractivity contribution in [3.8, 4) is 0 Å². The predicted molar refractivity (Wildman–Crippen MR) is 205 cm³/mol. The van der Waals surface area contributed by atoms with Gasteiger partial charge in [0.05, 0.1) is 0 Å². The molecule has 1 heteroatoms. The Labute approximate surface area is 298 Å². The molecule has 0 amide bonds. The number of hydrogen-bond acceptors (Lipinski definition) is 0. The maximum Gasteiger partial charge on any atom is 2.00 e. The van der Waals surface area contributed by atoms with Gasteiger partial charge < -0.3 is 13.2 Å². The normalized spacial score (nSPS) is 10.7. The minimum atomic E-state index is 0. The van der Waals surface area contributed by atoms with Crippen LogP contribution in [-0.4, -0.2) is 0 Å². The molecule has 0 atom stereocenters. The minimum Gasteiger partial charge on any atom is -0.518 e. The van der Waals surface area contributed by atoms with Crippen molar-refractivity contribution in [1.29, 1.82) is 0 Å². The molecule has 0 spiro atoms. The molecule has 0 nitrogen and oxygen atoms in total. The first-order chi connectivity index (χ1) is 21.8. The Balaban J connectivity index is -0.000000767. The second-order valence-electron chi connectivity index (χ2n) is 14.1. The number of allylic oxidation sites excluding steroid dienone is 2. The molecule has 0 heterocycles. The molecule has 0 saturated heterocycles. The van der Waals surface area contributed by atoms with Crippen molar-refractivity contribution in [1.82, 2.24) is 0 Å². The third-order valence-electron chi connectivity index (χ3n) is 9.45. The fourth-order valence-corrected chi connectivity index (χ4v) is 6.33. The van der Waals surface area contributed by atoms with Crippen LogP contribution in [0.15, 0.2) is 12.2 Å². The van der Waals surface area contributed by atoms with Gasteiger partial charge in [-0.1, -0.05) is 258 Å². The molecule has 0 bridgehead atoms. The zero-order chi connectivity index (χ0) is 32.3. The van der Waals surface area contributed by atoms with Crippen LogP contribution in [0.5, 0.6) is 0 Å². The van der Waals surface area contributed by atoms with E-state index < -0.39 is 0 Å². The Hall–Kier alpha value is -0.0265. The summed E-state index contributed by atoms with van der Waals surface area (Å²) in [5, 5.41) is 0. The second kappa shape index (κ2) is 50.8. The summed E-state index contributed by atoms with van der Waals surface area (Å²) in [6.45, 7) is 15.3. The Kier molecular flexibility index (Phi) is 55.7. The first kappa shape index (κ1) is 49.4. The van der Waals surface area contributed by atoms with Crippen molar-refractivity contribution in [3.63, 3.8) is 0 Å². The van der Waals surface area contributed by atoms with Gasteiger partial charge in [-0.3, -0.25) is 12.2 Å². The molecule has 0 unspecified atom stereocenters. The van der Waals surface area contributed by atoms with Crippen molar-refractivity contribution < 1.29 is 16.5 Å². The summed E-state index contributed by atoms with van der Waals surface area (Å²) in [6, 6.07) is 0. The Morgan fingerprint density at radius 1 is 0.244 bits per heavy atom. The largest absolute Gasteiger partial charge is 2.00 e. The average Bonchev–Trinajstić information content (AvgIpc) is 3.04. The van der Waals surface area contributed by atoms with Gasteiger partial charge in [0.15, 0.2) is 0 Å². The topological polar surface area (TPSA) is 0 Å². The molecule has 0 aliphatic heterocycles. The summed E-state index contributed by atoms with van der Waals surface area (Å²) in [6.07, 6.45) is 57.7. The summed E-state index contributed by atoms with van der Waals surface area (Å²) in [5.74, 6) is 0. The number of hydrogen-bond donors (Lipinski definition) is 0. The van der Waals surface area contributed by atoms with Gasteiger partial charge in [0.2, 0.25) is 0 Å².